The van der Waals surface area contributed by atoms with Gasteiger partial charge in [-0.3, -0.25) is 0 Å². The lowest BCUT2D eigenvalue weighted by atomic mass is 9.94. The van der Waals surface area contributed by atoms with Crippen molar-refractivity contribution < 1.29 is 5.11 Å². The summed E-state index contributed by atoms with van der Waals surface area (Å²) in [6.45, 7) is 4.51. The molecule has 1 aliphatic rings. The predicted molar refractivity (Wildman–Crippen MR) is 55.4 cm³/mol. The van der Waals surface area contributed by atoms with Gasteiger partial charge < -0.3 is 10.8 Å². The molecule has 0 aromatic carbocycles. The van der Waals surface area contributed by atoms with E-state index >= 15 is 0 Å². The highest BCUT2D eigenvalue weighted by Crippen LogP contribution is 2.29. The Morgan fingerprint density at radius 1 is 1.38 bits per heavy atom. The molecule has 3 N–H and O–H groups in total. The topological polar surface area (TPSA) is 46.2 Å². The van der Waals surface area contributed by atoms with Crippen molar-refractivity contribution in [1.29, 1.82) is 0 Å². The second-order valence-electron chi connectivity index (χ2n) is 4.81. The normalized spacial score (nSPS) is 34.4. The molecule has 0 heterocycles. The number of hydrogen-bond donors (Lipinski definition) is 2. The Morgan fingerprint density at radius 2 is 2.08 bits per heavy atom. The zero-order valence-electron chi connectivity index (χ0n) is 8.87. The quantitative estimate of drug-likeness (QED) is 0.703. The fourth-order valence-corrected chi connectivity index (χ4v) is 2.21. The van der Waals surface area contributed by atoms with Gasteiger partial charge in [0.15, 0.2) is 0 Å². The first-order valence-corrected chi connectivity index (χ1v) is 5.55. The molecule has 78 valence electrons. The van der Waals surface area contributed by atoms with Gasteiger partial charge in [-0.15, -0.1) is 0 Å². The molecule has 1 rings (SSSR count). The lowest BCUT2D eigenvalue weighted by molar-refractivity contribution is 0.154. The van der Waals surface area contributed by atoms with Crippen LogP contribution in [0.15, 0.2) is 0 Å². The highest BCUT2D eigenvalue weighted by Gasteiger charge is 2.31. The standard InChI is InChI=1S/C11H23NO/c1-8(2)4-3-5-9-6-7-10(13)11(9)12/h8-11,13H,3-7,12H2,1-2H3. The summed E-state index contributed by atoms with van der Waals surface area (Å²) in [4.78, 5) is 0. The van der Waals surface area contributed by atoms with Crippen LogP contribution in [0.2, 0.25) is 0 Å². The summed E-state index contributed by atoms with van der Waals surface area (Å²) in [5, 5.41) is 9.45. The highest BCUT2D eigenvalue weighted by molar-refractivity contribution is 4.87. The third-order valence-corrected chi connectivity index (χ3v) is 3.18. The molecule has 0 saturated heterocycles. The van der Waals surface area contributed by atoms with Crippen LogP contribution in [-0.2, 0) is 0 Å². The highest BCUT2D eigenvalue weighted by atomic mass is 16.3. The maximum atomic E-state index is 9.45. The summed E-state index contributed by atoms with van der Waals surface area (Å²) in [5.74, 6) is 1.37. The van der Waals surface area contributed by atoms with Crippen molar-refractivity contribution in [1.82, 2.24) is 0 Å². The van der Waals surface area contributed by atoms with Crippen molar-refractivity contribution >= 4 is 0 Å². The predicted octanol–water partition coefficient (Wildman–Crippen LogP) is 1.91. The van der Waals surface area contributed by atoms with Gasteiger partial charge in [0.05, 0.1) is 6.10 Å². The van der Waals surface area contributed by atoms with E-state index in [2.05, 4.69) is 13.8 Å². The molecule has 2 nitrogen and oxygen atoms in total. The van der Waals surface area contributed by atoms with Crippen LogP contribution in [0.25, 0.3) is 0 Å². The van der Waals surface area contributed by atoms with Gasteiger partial charge in [-0.1, -0.05) is 26.7 Å². The zero-order chi connectivity index (χ0) is 9.84. The lowest BCUT2D eigenvalue weighted by Gasteiger charge is -2.17. The van der Waals surface area contributed by atoms with Gasteiger partial charge in [-0.25, -0.2) is 0 Å². The molecule has 3 unspecified atom stereocenters. The molecule has 1 aliphatic carbocycles. The maximum absolute atomic E-state index is 9.45. The van der Waals surface area contributed by atoms with E-state index < -0.39 is 0 Å². The Hall–Kier alpha value is -0.0800. The Bertz CT molecular complexity index is 147. The van der Waals surface area contributed by atoms with Crippen LogP contribution in [0.5, 0.6) is 0 Å². The molecule has 0 aromatic heterocycles. The molecule has 3 atom stereocenters. The second kappa shape index (κ2) is 4.97. The van der Waals surface area contributed by atoms with Crippen LogP contribution in [0.4, 0.5) is 0 Å². The van der Waals surface area contributed by atoms with Gasteiger partial charge in [0.25, 0.3) is 0 Å². The Kier molecular flexibility index (Phi) is 4.20. The first-order chi connectivity index (χ1) is 6.11. The molecular weight excluding hydrogens is 162 g/mol. The minimum absolute atomic E-state index is 0.0483. The summed E-state index contributed by atoms with van der Waals surface area (Å²) in [5.41, 5.74) is 5.89. The number of nitrogens with two attached hydrogens (primary N) is 1. The van der Waals surface area contributed by atoms with Crippen molar-refractivity contribution in [2.75, 3.05) is 0 Å². The summed E-state index contributed by atoms with van der Waals surface area (Å²) in [6.07, 6.45) is 5.57. The van der Waals surface area contributed by atoms with E-state index in [1.165, 1.54) is 19.3 Å². The molecule has 0 amide bonds. The van der Waals surface area contributed by atoms with E-state index in [0.29, 0.717) is 5.92 Å². The molecule has 0 spiro atoms. The fourth-order valence-electron chi connectivity index (χ4n) is 2.21. The van der Waals surface area contributed by atoms with E-state index in [9.17, 15) is 5.11 Å². The Labute approximate surface area is 81.5 Å². The third kappa shape index (κ3) is 3.28. The van der Waals surface area contributed by atoms with Crippen LogP contribution in [0, 0.1) is 11.8 Å². The zero-order valence-corrected chi connectivity index (χ0v) is 8.87. The monoisotopic (exact) mass is 185 g/mol. The molecule has 2 heteroatoms. The van der Waals surface area contributed by atoms with Gasteiger partial charge >= 0.3 is 0 Å². The number of aliphatic hydroxyl groups excluding tert-OH is 1. The van der Waals surface area contributed by atoms with Crippen molar-refractivity contribution in [3.05, 3.63) is 0 Å². The molecular formula is C11H23NO. The number of hydrogen-bond acceptors (Lipinski definition) is 2. The van der Waals surface area contributed by atoms with Gasteiger partial charge in [0.1, 0.15) is 0 Å². The molecule has 0 bridgehead atoms. The summed E-state index contributed by atoms with van der Waals surface area (Å²) >= 11 is 0. The smallest absolute Gasteiger partial charge is 0.0693 e. The summed E-state index contributed by atoms with van der Waals surface area (Å²) < 4.78 is 0. The number of aliphatic hydroxyl groups is 1. The van der Waals surface area contributed by atoms with Gasteiger partial charge in [0, 0.05) is 6.04 Å². The molecule has 1 saturated carbocycles. The van der Waals surface area contributed by atoms with E-state index in [4.69, 9.17) is 5.73 Å². The van der Waals surface area contributed by atoms with Gasteiger partial charge in [0.2, 0.25) is 0 Å². The van der Waals surface area contributed by atoms with Crippen molar-refractivity contribution in [2.24, 2.45) is 17.6 Å². The summed E-state index contributed by atoms with van der Waals surface area (Å²) in [6, 6.07) is 0.0483. The molecule has 13 heavy (non-hydrogen) atoms. The third-order valence-electron chi connectivity index (χ3n) is 3.18. The van der Waals surface area contributed by atoms with Crippen LogP contribution in [0.3, 0.4) is 0 Å². The first kappa shape index (κ1) is 11.0. The van der Waals surface area contributed by atoms with Crippen LogP contribution < -0.4 is 5.73 Å². The Balaban J connectivity index is 2.15. The van der Waals surface area contributed by atoms with Gasteiger partial charge in [-0.05, 0) is 31.1 Å². The molecule has 0 aromatic rings. The molecule has 1 fully saturated rings. The molecule has 0 aliphatic heterocycles. The van der Waals surface area contributed by atoms with Crippen molar-refractivity contribution in [3.63, 3.8) is 0 Å². The Morgan fingerprint density at radius 3 is 2.54 bits per heavy atom. The summed E-state index contributed by atoms with van der Waals surface area (Å²) in [7, 11) is 0. The van der Waals surface area contributed by atoms with Crippen molar-refractivity contribution in [2.45, 2.75) is 58.1 Å². The van der Waals surface area contributed by atoms with Crippen LogP contribution >= 0.6 is 0 Å². The van der Waals surface area contributed by atoms with E-state index in [1.807, 2.05) is 0 Å². The average molecular weight is 185 g/mol. The minimum Gasteiger partial charge on any atom is -0.392 e. The minimum atomic E-state index is -0.232. The largest absolute Gasteiger partial charge is 0.392 e. The van der Waals surface area contributed by atoms with E-state index in [1.54, 1.807) is 0 Å². The van der Waals surface area contributed by atoms with Crippen LogP contribution in [-0.4, -0.2) is 17.3 Å². The number of rotatable bonds is 4. The maximum Gasteiger partial charge on any atom is 0.0693 e. The SMILES string of the molecule is CC(C)CCCC1CCC(O)C1N. The van der Waals surface area contributed by atoms with Gasteiger partial charge in [-0.2, -0.15) is 0 Å². The van der Waals surface area contributed by atoms with E-state index in [0.717, 1.165) is 18.8 Å². The van der Waals surface area contributed by atoms with E-state index in [-0.39, 0.29) is 12.1 Å². The lowest BCUT2D eigenvalue weighted by Crippen LogP contribution is -2.34. The average Bonchev–Trinajstić information content (AvgIpc) is 2.35. The van der Waals surface area contributed by atoms with Crippen LogP contribution in [0.1, 0.15) is 46.0 Å². The second-order valence-corrected chi connectivity index (χ2v) is 4.81. The van der Waals surface area contributed by atoms with Crippen molar-refractivity contribution in [3.8, 4) is 0 Å². The fraction of sp³-hybridized carbons (Fsp3) is 1.00. The molecule has 0 radical (unpaired) electrons. The first-order valence-electron chi connectivity index (χ1n) is 5.55.